The van der Waals surface area contributed by atoms with E-state index in [0.29, 0.717) is 13.0 Å². The fourth-order valence-electron chi connectivity index (χ4n) is 3.33. The molecule has 1 amide bonds. The number of rotatable bonds is 6. The lowest BCUT2D eigenvalue weighted by Crippen LogP contribution is -2.39. The van der Waals surface area contributed by atoms with Gasteiger partial charge in [0.2, 0.25) is 5.91 Å². The highest BCUT2D eigenvalue weighted by Crippen LogP contribution is 2.24. The van der Waals surface area contributed by atoms with Crippen molar-refractivity contribution in [2.24, 2.45) is 12.0 Å². The summed E-state index contributed by atoms with van der Waals surface area (Å²) in [5, 5.41) is 5.44. The van der Waals surface area contributed by atoms with E-state index in [4.69, 9.17) is 0 Å². The molecule has 3 rings (SSSR count). The predicted octanol–water partition coefficient (Wildman–Crippen LogP) is 3.08. The van der Waals surface area contributed by atoms with Gasteiger partial charge in [0.25, 0.3) is 0 Å². The molecule has 1 aliphatic rings. The third kappa shape index (κ3) is 5.73. The average Bonchev–Trinajstić information content (AvgIpc) is 3.29. The number of aromatic nitrogens is 1. The first-order chi connectivity index (χ1) is 13.1. The van der Waals surface area contributed by atoms with Gasteiger partial charge in [0.15, 0.2) is 5.96 Å². The van der Waals surface area contributed by atoms with Crippen LogP contribution < -0.4 is 5.32 Å². The van der Waals surface area contributed by atoms with Crippen LogP contribution in [-0.2, 0) is 31.4 Å². The molecule has 0 aliphatic carbocycles. The van der Waals surface area contributed by atoms with Crippen molar-refractivity contribution in [3.63, 3.8) is 0 Å². The molecule has 0 saturated carbocycles. The summed E-state index contributed by atoms with van der Waals surface area (Å²) in [6.07, 6.45) is 3.47. The lowest BCUT2D eigenvalue weighted by molar-refractivity contribution is -0.131. The van der Waals surface area contributed by atoms with Crippen molar-refractivity contribution >= 4 is 47.2 Å². The highest BCUT2D eigenvalue weighted by Gasteiger charge is 2.21. The van der Waals surface area contributed by atoms with Crippen LogP contribution in [0.2, 0.25) is 0 Å². The first-order valence-electron chi connectivity index (χ1n) is 9.51. The van der Waals surface area contributed by atoms with Crippen LogP contribution in [0.5, 0.6) is 0 Å². The summed E-state index contributed by atoms with van der Waals surface area (Å²) in [4.78, 5) is 22.7. The van der Waals surface area contributed by atoms with E-state index in [1.165, 1.54) is 16.1 Å². The van der Waals surface area contributed by atoms with Crippen LogP contribution in [0, 0.1) is 0 Å². The van der Waals surface area contributed by atoms with Crippen LogP contribution in [0.15, 0.2) is 34.8 Å². The predicted molar refractivity (Wildman–Crippen MR) is 126 cm³/mol. The third-order valence-electron chi connectivity index (χ3n) is 4.89. The summed E-state index contributed by atoms with van der Waals surface area (Å²) in [7, 11) is 4.07. The Balaban J connectivity index is 0.00000280. The standard InChI is InChI=1S/C20H29N5OS.HI/c1-4-21-20(24(3)15-17-6-5-11-23(17)2)22-10-7-19(26)25-12-8-18-16(14-25)9-13-27-18;/h5-6,9,11,13H,4,7-8,10,12,14-15H2,1-3H3,(H,21,22);1H. The minimum Gasteiger partial charge on any atom is -0.357 e. The monoisotopic (exact) mass is 515 g/mol. The van der Waals surface area contributed by atoms with E-state index in [0.717, 1.165) is 38.6 Å². The number of amides is 1. The van der Waals surface area contributed by atoms with Crippen molar-refractivity contribution in [2.75, 3.05) is 26.7 Å². The molecule has 0 unspecified atom stereocenters. The maximum atomic E-state index is 12.6. The summed E-state index contributed by atoms with van der Waals surface area (Å²) in [5.41, 5.74) is 2.53. The normalized spacial score (nSPS) is 13.7. The minimum absolute atomic E-state index is 0. The maximum Gasteiger partial charge on any atom is 0.224 e. The topological polar surface area (TPSA) is 52.9 Å². The molecule has 6 nitrogen and oxygen atoms in total. The first-order valence-corrected chi connectivity index (χ1v) is 10.4. The highest BCUT2D eigenvalue weighted by molar-refractivity contribution is 14.0. The van der Waals surface area contributed by atoms with Crippen LogP contribution in [0.3, 0.4) is 0 Å². The Morgan fingerprint density at radius 3 is 2.93 bits per heavy atom. The van der Waals surface area contributed by atoms with E-state index < -0.39 is 0 Å². The molecule has 0 fully saturated rings. The van der Waals surface area contributed by atoms with Crippen LogP contribution in [0.1, 0.15) is 29.5 Å². The molecule has 0 atom stereocenters. The lowest BCUT2D eigenvalue weighted by atomic mass is 10.1. The highest BCUT2D eigenvalue weighted by atomic mass is 127. The number of guanidine groups is 1. The molecule has 0 spiro atoms. The molecule has 3 heterocycles. The zero-order valence-corrected chi connectivity index (χ0v) is 20.0. The number of nitrogens with zero attached hydrogens (tertiary/aromatic N) is 4. The molecule has 0 aromatic carbocycles. The van der Waals surface area contributed by atoms with E-state index >= 15 is 0 Å². The first kappa shape index (κ1) is 22.7. The van der Waals surface area contributed by atoms with E-state index in [1.54, 1.807) is 11.3 Å². The molecule has 28 heavy (non-hydrogen) atoms. The third-order valence-corrected chi connectivity index (χ3v) is 5.92. The average molecular weight is 515 g/mol. The Labute approximate surface area is 188 Å². The summed E-state index contributed by atoms with van der Waals surface area (Å²) >= 11 is 1.80. The molecule has 0 saturated heterocycles. The van der Waals surface area contributed by atoms with Crippen LogP contribution in [-0.4, -0.2) is 52.9 Å². The van der Waals surface area contributed by atoms with Crippen molar-refractivity contribution in [3.05, 3.63) is 45.9 Å². The summed E-state index contributed by atoms with van der Waals surface area (Å²) < 4.78 is 2.11. The lowest BCUT2D eigenvalue weighted by Gasteiger charge is -2.27. The van der Waals surface area contributed by atoms with E-state index in [2.05, 4.69) is 44.2 Å². The van der Waals surface area contributed by atoms with Gasteiger partial charge in [-0.3, -0.25) is 9.79 Å². The van der Waals surface area contributed by atoms with Gasteiger partial charge in [-0.15, -0.1) is 35.3 Å². The van der Waals surface area contributed by atoms with Crippen molar-refractivity contribution in [3.8, 4) is 0 Å². The minimum atomic E-state index is 0. The fourth-order valence-corrected chi connectivity index (χ4v) is 4.21. The Morgan fingerprint density at radius 1 is 1.39 bits per heavy atom. The fraction of sp³-hybridized carbons (Fsp3) is 0.500. The van der Waals surface area contributed by atoms with Crippen LogP contribution in [0.4, 0.5) is 0 Å². The smallest absolute Gasteiger partial charge is 0.224 e. The summed E-state index contributed by atoms with van der Waals surface area (Å²) in [6.45, 7) is 5.71. The van der Waals surface area contributed by atoms with Crippen molar-refractivity contribution in [1.82, 2.24) is 19.7 Å². The molecular weight excluding hydrogens is 485 g/mol. The van der Waals surface area contributed by atoms with Crippen LogP contribution in [0.25, 0.3) is 0 Å². The van der Waals surface area contributed by atoms with Crippen molar-refractivity contribution in [2.45, 2.75) is 32.9 Å². The molecule has 8 heteroatoms. The Kier molecular flexibility index (Phi) is 8.81. The van der Waals surface area contributed by atoms with Gasteiger partial charge in [-0.2, -0.15) is 0 Å². The molecule has 0 radical (unpaired) electrons. The number of nitrogens with one attached hydrogen (secondary N) is 1. The zero-order valence-electron chi connectivity index (χ0n) is 16.9. The Bertz CT molecular complexity index is 800. The van der Waals surface area contributed by atoms with E-state index in [9.17, 15) is 4.79 Å². The van der Waals surface area contributed by atoms with E-state index in [-0.39, 0.29) is 29.9 Å². The number of hydrogen-bond donors (Lipinski definition) is 1. The second-order valence-corrected chi connectivity index (χ2v) is 7.89. The summed E-state index contributed by atoms with van der Waals surface area (Å²) in [6, 6.07) is 6.29. The van der Waals surface area contributed by atoms with Gasteiger partial charge in [0.1, 0.15) is 0 Å². The summed E-state index contributed by atoms with van der Waals surface area (Å²) in [5.74, 6) is 1.03. The molecule has 154 valence electrons. The van der Waals surface area contributed by atoms with Gasteiger partial charge in [-0.25, -0.2) is 0 Å². The number of aryl methyl sites for hydroxylation is 1. The molecular formula is C20H30IN5OS. The largest absolute Gasteiger partial charge is 0.357 e. The van der Waals surface area contributed by atoms with Gasteiger partial charge in [-0.1, -0.05) is 0 Å². The molecule has 1 aliphatic heterocycles. The van der Waals surface area contributed by atoms with Crippen molar-refractivity contribution in [1.29, 1.82) is 0 Å². The number of halogens is 1. The van der Waals surface area contributed by atoms with Crippen LogP contribution >= 0.6 is 35.3 Å². The number of carbonyl (C=O) groups excluding carboxylic acids is 1. The van der Waals surface area contributed by atoms with Gasteiger partial charge >= 0.3 is 0 Å². The molecule has 0 bridgehead atoms. The van der Waals surface area contributed by atoms with Gasteiger partial charge in [-0.05, 0) is 42.5 Å². The second-order valence-electron chi connectivity index (χ2n) is 6.89. The van der Waals surface area contributed by atoms with Gasteiger partial charge in [0.05, 0.1) is 13.1 Å². The zero-order chi connectivity index (χ0) is 19.2. The maximum absolute atomic E-state index is 12.6. The van der Waals surface area contributed by atoms with Crippen molar-refractivity contribution < 1.29 is 4.79 Å². The molecule has 2 aromatic heterocycles. The second kappa shape index (κ2) is 10.8. The molecule has 1 N–H and O–H groups in total. The van der Waals surface area contributed by atoms with E-state index in [1.807, 2.05) is 31.3 Å². The number of carbonyl (C=O) groups is 1. The van der Waals surface area contributed by atoms with Gasteiger partial charge in [0, 0.05) is 56.9 Å². The van der Waals surface area contributed by atoms with Gasteiger partial charge < -0.3 is 19.7 Å². The number of thiophene rings is 1. The Hall–Kier alpha value is -1.55. The number of fused-ring (bicyclic) bond motifs is 1. The molecule has 2 aromatic rings. The SMILES string of the molecule is CCNC(=NCCC(=O)N1CCc2sccc2C1)N(C)Cc1cccn1C.I. The quantitative estimate of drug-likeness (QED) is 0.366. The Morgan fingerprint density at radius 2 is 2.21 bits per heavy atom. The number of hydrogen-bond acceptors (Lipinski definition) is 3. The number of aliphatic imine (C=N–C) groups is 1.